The molecule has 0 saturated heterocycles. The van der Waals surface area contributed by atoms with E-state index in [0.29, 0.717) is 17.7 Å². The molecule has 1 heterocycles. The maximum atomic E-state index is 11.3. The lowest BCUT2D eigenvalue weighted by atomic mass is 9.88. The normalized spacial score (nSPS) is 12.7. The first-order valence-corrected chi connectivity index (χ1v) is 6.55. The van der Waals surface area contributed by atoms with E-state index in [1.54, 1.807) is 6.07 Å². The van der Waals surface area contributed by atoms with Crippen LogP contribution in [0.25, 0.3) is 11.3 Å². The summed E-state index contributed by atoms with van der Waals surface area (Å²) < 4.78 is 0. The summed E-state index contributed by atoms with van der Waals surface area (Å²) in [6.07, 6.45) is 2.45. The number of benzene rings is 1. The van der Waals surface area contributed by atoms with Gasteiger partial charge in [0.15, 0.2) is 0 Å². The van der Waals surface area contributed by atoms with Gasteiger partial charge in [0.05, 0.1) is 17.0 Å². The molecule has 2 aromatic rings. The van der Waals surface area contributed by atoms with Crippen LogP contribution in [0.3, 0.4) is 0 Å². The summed E-state index contributed by atoms with van der Waals surface area (Å²) in [7, 11) is 0. The number of fused-ring (bicyclic) bond motifs is 3. The standard InChI is InChI=1S/C16H15NO2/c1-2-14-13(16(18)19)9-11-8-7-10-5-3-4-6-12(10)15(11)17-14/h3-6,9H,2,7-8H2,1H3,(H,18,19). The fraction of sp³-hybridized carbons (Fsp3) is 0.250. The Bertz CT molecular complexity index is 662. The summed E-state index contributed by atoms with van der Waals surface area (Å²) in [5, 5.41) is 9.25. The Hall–Kier alpha value is -2.16. The Kier molecular flexibility index (Phi) is 2.82. The van der Waals surface area contributed by atoms with E-state index >= 15 is 0 Å². The number of carboxylic acids is 1. The Morgan fingerprint density at radius 1 is 1.26 bits per heavy atom. The van der Waals surface area contributed by atoms with Gasteiger partial charge >= 0.3 is 5.97 Å². The van der Waals surface area contributed by atoms with E-state index in [-0.39, 0.29) is 0 Å². The van der Waals surface area contributed by atoms with E-state index in [4.69, 9.17) is 0 Å². The number of aromatic carboxylic acids is 1. The molecule has 0 spiro atoms. The lowest BCUT2D eigenvalue weighted by Gasteiger charge is -2.20. The molecule has 1 aromatic heterocycles. The minimum absolute atomic E-state index is 0.348. The van der Waals surface area contributed by atoms with Gasteiger partial charge in [0.25, 0.3) is 0 Å². The quantitative estimate of drug-likeness (QED) is 0.894. The van der Waals surface area contributed by atoms with Gasteiger partial charge in [-0.1, -0.05) is 31.2 Å². The van der Waals surface area contributed by atoms with E-state index in [0.717, 1.165) is 29.7 Å². The van der Waals surface area contributed by atoms with Crippen molar-refractivity contribution in [1.82, 2.24) is 4.98 Å². The second-order valence-corrected chi connectivity index (χ2v) is 4.81. The maximum absolute atomic E-state index is 11.3. The fourth-order valence-electron chi connectivity index (χ4n) is 2.71. The van der Waals surface area contributed by atoms with E-state index in [9.17, 15) is 9.90 Å². The van der Waals surface area contributed by atoms with Crippen LogP contribution in [-0.2, 0) is 19.3 Å². The van der Waals surface area contributed by atoms with Gasteiger partial charge in [0.2, 0.25) is 0 Å². The Balaban J connectivity index is 2.24. The van der Waals surface area contributed by atoms with Crippen LogP contribution >= 0.6 is 0 Å². The molecule has 3 nitrogen and oxygen atoms in total. The molecule has 19 heavy (non-hydrogen) atoms. The zero-order chi connectivity index (χ0) is 13.4. The third-order valence-electron chi connectivity index (χ3n) is 3.68. The van der Waals surface area contributed by atoms with Crippen molar-refractivity contribution in [2.24, 2.45) is 0 Å². The van der Waals surface area contributed by atoms with Crippen molar-refractivity contribution in [1.29, 1.82) is 0 Å². The van der Waals surface area contributed by atoms with Crippen LogP contribution in [0.4, 0.5) is 0 Å². The maximum Gasteiger partial charge on any atom is 0.337 e. The summed E-state index contributed by atoms with van der Waals surface area (Å²) in [5.74, 6) is -0.883. The molecule has 0 radical (unpaired) electrons. The number of carbonyl (C=O) groups is 1. The highest BCUT2D eigenvalue weighted by molar-refractivity contribution is 5.90. The van der Waals surface area contributed by atoms with Gasteiger partial charge in [-0.25, -0.2) is 4.79 Å². The third-order valence-corrected chi connectivity index (χ3v) is 3.68. The number of aryl methyl sites for hydroxylation is 3. The number of rotatable bonds is 2. The molecule has 0 saturated carbocycles. The van der Waals surface area contributed by atoms with E-state index in [1.807, 2.05) is 19.1 Å². The molecule has 3 heteroatoms. The predicted molar refractivity (Wildman–Crippen MR) is 73.4 cm³/mol. The van der Waals surface area contributed by atoms with Gasteiger partial charge in [-0.15, -0.1) is 0 Å². The van der Waals surface area contributed by atoms with Crippen molar-refractivity contribution in [3.63, 3.8) is 0 Å². The van der Waals surface area contributed by atoms with E-state index in [2.05, 4.69) is 17.1 Å². The van der Waals surface area contributed by atoms with Gasteiger partial charge in [-0.3, -0.25) is 4.98 Å². The zero-order valence-electron chi connectivity index (χ0n) is 10.8. The first-order valence-electron chi connectivity index (χ1n) is 6.55. The molecule has 1 aliphatic carbocycles. The second kappa shape index (κ2) is 4.50. The summed E-state index contributed by atoms with van der Waals surface area (Å²) in [6.45, 7) is 1.94. The van der Waals surface area contributed by atoms with Crippen LogP contribution in [0.5, 0.6) is 0 Å². The molecule has 0 amide bonds. The molecule has 3 rings (SSSR count). The predicted octanol–water partition coefficient (Wildman–Crippen LogP) is 3.11. The van der Waals surface area contributed by atoms with Crippen molar-refractivity contribution < 1.29 is 9.90 Å². The van der Waals surface area contributed by atoms with Gasteiger partial charge in [0.1, 0.15) is 0 Å². The fourth-order valence-corrected chi connectivity index (χ4v) is 2.71. The SMILES string of the molecule is CCc1nc2c(cc1C(=O)O)CCc1ccccc1-2. The number of nitrogens with zero attached hydrogens (tertiary/aromatic N) is 1. The number of hydrogen-bond acceptors (Lipinski definition) is 2. The molecule has 0 fully saturated rings. The third kappa shape index (κ3) is 1.91. The largest absolute Gasteiger partial charge is 0.478 e. The van der Waals surface area contributed by atoms with Crippen molar-refractivity contribution in [3.8, 4) is 11.3 Å². The summed E-state index contributed by atoms with van der Waals surface area (Å²) in [4.78, 5) is 15.9. The highest BCUT2D eigenvalue weighted by Gasteiger charge is 2.21. The monoisotopic (exact) mass is 253 g/mol. The average Bonchev–Trinajstić information content (AvgIpc) is 2.45. The molecule has 96 valence electrons. The minimum atomic E-state index is -0.883. The summed E-state index contributed by atoms with van der Waals surface area (Å²) >= 11 is 0. The second-order valence-electron chi connectivity index (χ2n) is 4.81. The van der Waals surface area contributed by atoms with E-state index < -0.39 is 5.97 Å². The van der Waals surface area contributed by atoms with Crippen LogP contribution in [-0.4, -0.2) is 16.1 Å². The van der Waals surface area contributed by atoms with E-state index in [1.165, 1.54) is 5.56 Å². The Morgan fingerprint density at radius 2 is 2.00 bits per heavy atom. The van der Waals surface area contributed by atoms with Gasteiger partial charge < -0.3 is 5.11 Å². The Labute approximate surface area is 111 Å². The molecule has 0 unspecified atom stereocenters. The molecular formula is C16H15NO2. The number of pyridine rings is 1. The Morgan fingerprint density at radius 3 is 2.74 bits per heavy atom. The van der Waals surface area contributed by atoms with Crippen molar-refractivity contribution >= 4 is 5.97 Å². The van der Waals surface area contributed by atoms with Gasteiger partial charge in [0, 0.05) is 5.56 Å². The molecule has 0 aliphatic heterocycles. The van der Waals surface area contributed by atoms with Crippen molar-refractivity contribution in [2.75, 3.05) is 0 Å². The minimum Gasteiger partial charge on any atom is -0.478 e. The van der Waals surface area contributed by atoms with Crippen LogP contribution in [0.1, 0.15) is 34.1 Å². The summed E-state index contributed by atoms with van der Waals surface area (Å²) in [5.41, 5.74) is 5.48. The molecule has 1 aliphatic rings. The van der Waals surface area contributed by atoms with Crippen LogP contribution in [0, 0.1) is 0 Å². The van der Waals surface area contributed by atoms with Crippen LogP contribution < -0.4 is 0 Å². The smallest absolute Gasteiger partial charge is 0.337 e. The molecule has 0 atom stereocenters. The van der Waals surface area contributed by atoms with Crippen LogP contribution in [0.15, 0.2) is 30.3 Å². The first-order chi connectivity index (χ1) is 9.20. The molecule has 1 aromatic carbocycles. The number of carboxylic acid groups (broad SMARTS) is 1. The first kappa shape index (κ1) is 11.9. The van der Waals surface area contributed by atoms with Gasteiger partial charge in [-0.2, -0.15) is 0 Å². The van der Waals surface area contributed by atoms with Crippen molar-refractivity contribution in [2.45, 2.75) is 26.2 Å². The highest BCUT2D eigenvalue weighted by Crippen LogP contribution is 2.33. The van der Waals surface area contributed by atoms with Crippen LogP contribution in [0.2, 0.25) is 0 Å². The average molecular weight is 253 g/mol. The molecule has 0 bridgehead atoms. The number of hydrogen-bond donors (Lipinski definition) is 1. The molecular weight excluding hydrogens is 238 g/mol. The topological polar surface area (TPSA) is 50.2 Å². The highest BCUT2D eigenvalue weighted by atomic mass is 16.4. The summed E-state index contributed by atoms with van der Waals surface area (Å²) in [6, 6.07) is 10.0. The molecule has 1 N–H and O–H groups in total. The lowest BCUT2D eigenvalue weighted by molar-refractivity contribution is 0.0695. The number of aromatic nitrogens is 1. The van der Waals surface area contributed by atoms with Gasteiger partial charge in [-0.05, 0) is 36.5 Å². The van der Waals surface area contributed by atoms with Crippen molar-refractivity contribution in [3.05, 3.63) is 52.7 Å². The lowest BCUT2D eigenvalue weighted by Crippen LogP contribution is -2.12. The zero-order valence-corrected chi connectivity index (χ0v) is 10.8.